The van der Waals surface area contributed by atoms with E-state index in [1.165, 1.54) is 0 Å². The molecular weight excluding hydrogens is 346 g/mol. The third kappa shape index (κ3) is 3.14. The predicted octanol–water partition coefficient (Wildman–Crippen LogP) is 3.15. The van der Waals surface area contributed by atoms with Gasteiger partial charge in [-0.15, -0.1) is 0 Å². The number of nitrogens with zero attached hydrogens (tertiary/aromatic N) is 4. The van der Waals surface area contributed by atoms with E-state index in [4.69, 9.17) is 4.74 Å². The lowest BCUT2D eigenvalue weighted by Gasteiger charge is -2.25. The maximum atomic E-state index is 12.4. The molecule has 0 saturated carbocycles. The van der Waals surface area contributed by atoms with Crippen molar-refractivity contribution >= 4 is 28.2 Å². The molecule has 4 heterocycles. The van der Waals surface area contributed by atoms with Crippen molar-refractivity contribution in [2.24, 2.45) is 0 Å². The standard InChI is InChI=1S/C19H25N5O3/c1-11(25)17-22-14-9-21-16-13(5-7-20-16)15(14)24(17)12-6-8-23(10-12)18(26)27-19(2,3)4/h5,7,9,11-12,25H,6,8,10H2,1-4H3,(H,20,21)/t11-,12?/m1/s1. The van der Waals surface area contributed by atoms with Gasteiger partial charge in [0.1, 0.15) is 28.7 Å². The maximum Gasteiger partial charge on any atom is 0.410 e. The lowest BCUT2D eigenvalue weighted by atomic mass is 10.2. The SMILES string of the molecule is C[C@@H](O)c1nc2cnc3[nH]ccc3c2n1C1CCN(C(=O)OC(C)(C)C)C1. The van der Waals surface area contributed by atoms with E-state index >= 15 is 0 Å². The number of fused-ring (bicyclic) bond motifs is 3. The number of pyridine rings is 1. The number of rotatable bonds is 2. The van der Waals surface area contributed by atoms with Gasteiger partial charge in [0.15, 0.2) is 0 Å². The van der Waals surface area contributed by atoms with E-state index in [-0.39, 0.29) is 12.1 Å². The Labute approximate surface area is 157 Å². The molecule has 1 aliphatic rings. The molecule has 0 bridgehead atoms. The van der Waals surface area contributed by atoms with E-state index in [1.54, 1.807) is 18.0 Å². The van der Waals surface area contributed by atoms with Crippen LogP contribution in [0.2, 0.25) is 0 Å². The van der Waals surface area contributed by atoms with E-state index < -0.39 is 11.7 Å². The Bertz CT molecular complexity index is 998. The second-order valence-electron chi connectivity index (χ2n) is 8.12. The number of likely N-dealkylation sites (tertiary alicyclic amines) is 1. The number of carbonyl (C=O) groups excluding carboxylic acids is 1. The average molecular weight is 371 g/mol. The highest BCUT2D eigenvalue weighted by atomic mass is 16.6. The summed E-state index contributed by atoms with van der Waals surface area (Å²) in [5, 5.41) is 11.3. The number of hydrogen-bond donors (Lipinski definition) is 2. The molecule has 0 aliphatic carbocycles. The van der Waals surface area contributed by atoms with Crippen molar-refractivity contribution < 1.29 is 14.6 Å². The minimum atomic E-state index is -0.720. The van der Waals surface area contributed by atoms with Crippen LogP contribution >= 0.6 is 0 Å². The van der Waals surface area contributed by atoms with Crippen molar-refractivity contribution in [1.82, 2.24) is 24.4 Å². The predicted molar refractivity (Wildman–Crippen MR) is 101 cm³/mol. The van der Waals surface area contributed by atoms with Crippen LogP contribution in [0.1, 0.15) is 52.1 Å². The number of aliphatic hydroxyl groups is 1. The first-order valence-corrected chi connectivity index (χ1v) is 9.24. The summed E-state index contributed by atoms with van der Waals surface area (Å²) in [6.45, 7) is 8.43. The minimum absolute atomic E-state index is 0.0209. The van der Waals surface area contributed by atoms with E-state index in [0.29, 0.717) is 18.9 Å². The number of H-pyrrole nitrogens is 1. The number of aliphatic hydroxyl groups excluding tert-OH is 1. The first-order valence-electron chi connectivity index (χ1n) is 9.24. The summed E-state index contributed by atoms with van der Waals surface area (Å²) in [6, 6.07) is 1.99. The molecule has 1 unspecified atom stereocenters. The van der Waals surface area contributed by atoms with Crippen LogP contribution in [0.5, 0.6) is 0 Å². The maximum absolute atomic E-state index is 12.4. The molecular formula is C19H25N5O3. The molecule has 3 aromatic heterocycles. The Morgan fingerprint density at radius 2 is 2.22 bits per heavy atom. The van der Waals surface area contributed by atoms with Crippen molar-refractivity contribution in [2.75, 3.05) is 13.1 Å². The zero-order chi connectivity index (χ0) is 19.3. The van der Waals surface area contributed by atoms with E-state index in [0.717, 1.165) is 28.5 Å². The van der Waals surface area contributed by atoms with Crippen molar-refractivity contribution in [3.8, 4) is 0 Å². The molecule has 1 amide bonds. The van der Waals surface area contributed by atoms with Crippen LogP contribution in [-0.2, 0) is 4.74 Å². The van der Waals surface area contributed by atoms with E-state index in [2.05, 4.69) is 19.5 Å². The van der Waals surface area contributed by atoms with E-state index in [9.17, 15) is 9.90 Å². The Hall–Kier alpha value is -2.61. The Kier molecular flexibility index (Phi) is 4.10. The zero-order valence-corrected chi connectivity index (χ0v) is 16.1. The summed E-state index contributed by atoms with van der Waals surface area (Å²) in [5.41, 5.74) is 1.94. The first-order chi connectivity index (χ1) is 12.7. The van der Waals surface area contributed by atoms with Crippen molar-refractivity contribution in [1.29, 1.82) is 0 Å². The van der Waals surface area contributed by atoms with E-state index in [1.807, 2.05) is 33.0 Å². The quantitative estimate of drug-likeness (QED) is 0.721. The molecule has 1 fully saturated rings. The second kappa shape index (κ2) is 6.23. The number of aromatic amines is 1. The summed E-state index contributed by atoms with van der Waals surface area (Å²) in [7, 11) is 0. The smallest absolute Gasteiger partial charge is 0.410 e. The van der Waals surface area contributed by atoms with Gasteiger partial charge in [0.25, 0.3) is 0 Å². The third-order valence-corrected chi connectivity index (χ3v) is 4.82. The number of nitrogens with one attached hydrogen (secondary N) is 1. The fourth-order valence-corrected chi connectivity index (χ4v) is 3.72. The second-order valence-corrected chi connectivity index (χ2v) is 8.12. The van der Waals surface area contributed by atoms with Gasteiger partial charge >= 0.3 is 6.09 Å². The van der Waals surface area contributed by atoms with Crippen molar-refractivity contribution in [3.63, 3.8) is 0 Å². The molecule has 3 aromatic rings. The number of aromatic nitrogens is 4. The van der Waals surface area contributed by atoms with Crippen LogP contribution in [0.4, 0.5) is 4.79 Å². The summed E-state index contributed by atoms with van der Waals surface area (Å²) in [4.78, 5) is 26.3. The summed E-state index contributed by atoms with van der Waals surface area (Å²) in [5.74, 6) is 0.594. The van der Waals surface area contributed by atoms with Crippen LogP contribution < -0.4 is 0 Å². The molecule has 0 aromatic carbocycles. The molecule has 0 radical (unpaired) electrons. The molecule has 1 aliphatic heterocycles. The molecule has 8 nitrogen and oxygen atoms in total. The van der Waals surface area contributed by atoms with Gasteiger partial charge in [0.05, 0.1) is 17.8 Å². The summed E-state index contributed by atoms with van der Waals surface area (Å²) >= 11 is 0. The van der Waals surface area contributed by atoms with Gasteiger partial charge in [-0.3, -0.25) is 0 Å². The van der Waals surface area contributed by atoms with Crippen molar-refractivity contribution in [2.45, 2.75) is 51.9 Å². The van der Waals surface area contributed by atoms with Gasteiger partial charge in [-0.05, 0) is 40.2 Å². The zero-order valence-electron chi connectivity index (χ0n) is 16.1. The molecule has 2 atom stereocenters. The largest absolute Gasteiger partial charge is 0.444 e. The first kappa shape index (κ1) is 17.8. The van der Waals surface area contributed by atoms with Gasteiger partial charge in [0, 0.05) is 24.7 Å². The van der Waals surface area contributed by atoms with Gasteiger partial charge < -0.3 is 24.3 Å². The molecule has 8 heteroatoms. The number of hydrogen-bond acceptors (Lipinski definition) is 5. The van der Waals surface area contributed by atoms with Gasteiger partial charge in [-0.25, -0.2) is 14.8 Å². The summed E-state index contributed by atoms with van der Waals surface area (Å²) < 4.78 is 7.58. The lowest BCUT2D eigenvalue weighted by Crippen LogP contribution is -2.35. The van der Waals surface area contributed by atoms with Crippen LogP contribution in [0.15, 0.2) is 18.5 Å². The molecule has 1 saturated heterocycles. The Morgan fingerprint density at radius 1 is 1.44 bits per heavy atom. The molecule has 144 valence electrons. The fraction of sp³-hybridized carbons (Fsp3) is 0.526. The van der Waals surface area contributed by atoms with Crippen LogP contribution in [-0.4, -0.2) is 54.3 Å². The third-order valence-electron chi connectivity index (χ3n) is 4.82. The molecule has 27 heavy (non-hydrogen) atoms. The van der Waals surface area contributed by atoms with Crippen LogP contribution in [0.3, 0.4) is 0 Å². The average Bonchev–Trinajstić information content (AvgIpc) is 3.29. The number of carbonyl (C=O) groups is 1. The summed E-state index contributed by atoms with van der Waals surface area (Å²) in [6.07, 6.45) is 3.32. The molecule has 4 rings (SSSR count). The lowest BCUT2D eigenvalue weighted by molar-refractivity contribution is 0.0289. The number of amides is 1. The van der Waals surface area contributed by atoms with Gasteiger partial charge in [-0.2, -0.15) is 0 Å². The van der Waals surface area contributed by atoms with Crippen molar-refractivity contribution in [3.05, 3.63) is 24.3 Å². The van der Waals surface area contributed by atoms with Gasteiger partial charge in [-0.1, -0.05) is 0 Å². The molecule has 0 spiro atoms. The number of imidazole rings is 1. The topological polar surface area (TPSA) is 96.3 Å². The van der Waals surface area contributed by atoms with Crippen LogP contribution in [0, 0.1) is 0 Å². The normalized spacial score (nSPS) is 19.1. The monoisotopic (exact) mass is 371 g/mol. The van der Waals surface area contributed by atoms with Crippen LogP contribution in [0.25, 0.3) is 22.1 Å². The Morgan fingerprint density at radius 3 is 2.93 bits per heavy atom. The van der Waals surface area contributed by atoms with Gasteiger partial charge in [0.2, 0.25) is 0 Å². The minimum Gasteiger partial charge on any atom is -0.444 e. The molecule has 2 N–H and O–H groups in total. The highest BCUT2D eigenvalue weighted by Crippen LogP contribution is 2.34. The highest BCUT2D eigenvalue weighted by molar-refractivity contribution is 6.01. The fourth-order valence-electron chi connectivity index (χ4n) is 3.72. The number of ether oxygens (including phenoxy) is 1. The Balaban J connectivity index is 1.74. The highest BCUT2D eigenvalue weighted by Gasteiger charge is 2.33.